The molecule has 0 radical (unpaired) electrons. The molecule has 4 unspecified atom stereocenters. The summed E-state index contributed by atoms with van der Waals surface area (Å²) in [5, 5.41) is 0. The van der Waals surface area contributed by atoms with Crippen LogP contribution in [0.2, 0.25) is 77.6 Å². The second-order valence-corrected chi connectivity index (χ2v) is 153. The molecule has 4 heterocycles. The molecule has 4 fully saturated rings. The van der Waals surface area contributed by atoms with Gasteiger partial charge in [-0.2, -0.15) is 0 Å². The zero-order chi connectivity index (χ0) is 41.1. The van der Waals surface area contributed by atoms with Crippen LogP contribution in [0.1, 0.15) is 194 Å². The number of hydrogen-bond donors (Lipinski definition) is 0. The fourth-order valence-electron chi connectivity index (χ4n) is 25.2. The van der Waals surface area contributed by atoms with Gasteiger partial charge < -0.3 is 0 Å². The van der Waals surface area contributed by atoms with E-state index in [9.17, 15) is 0 Å². The summed E-state index contributed by atoms with van der Waals surface area (Å²) in [4.78, 5) is 0. The van der Waals surface area contributed by atoms with E-state index in [0.717, 1.165) is 77.6 Å². The predicted molar refractivity (Wildman–Crippen MR) is 269 cm³/mol. The molecule has 4 aliphatic heterocycles. The standard InChI is InChI=1S/C42H98Si10/c1-29(2)43(30(3)4)44(31(5)6,32(7)8)48(38(19)20)47(43,37(17)18)51(41(25)26)49(39(21)22)45(33(9)10,34(11)12)46(35(13)14,36(15)16)50(49,40(23)24)52(48,51)42(27)28/h29-42H,1-28H3. The molecular weight excluding hydrogens is 785 g/mol. The van der Waals surface area contributed by atoms with Crippen molar-refractivity contribution in [3.05, 3.63) is 0 Å². The monoisotopic (exact) mass is 883 g/mol. The van der Waals surface area contributed by atoms with Gasteiger partial charge in [0.2, 0.25) is 0 Å². The lowest BCUT2D eigenvalue weighted by Crippen LogP contribution is -3.49. The minimum atomic E-state index is -1.72. The van der Waals surface area contributed by atoms with Crippen LogP contribution in [-0.4, -0.2) is 68.2 Å². The van der Waals surface area contributed by atoms with Gasteiger partial charge in [-0.25, -0.2) is 0 Å². The fraction of sp³-hybridized carbons (Fsp3) is 1.00. The maximum Gasteiger partial charge on any atom is 0.0400 e. The second kappa shape index (κ2) is 13.3. The van der Waals surface area contributed by atoms with Gasteiger partial charge in [-0.15, -0.1) is 0 Å². The second-order valence-electron chi connectivity index (χ2n) is 24.5. The van der Waals surface area contributed by atoms with E-state index in [-0.39, 0.29) is 0 Å². The number of hydrogen-bond acceptors (Lipinski definition) is 0. The zero-order valence-corrected chi connectivity index (χ0v) is 51.1. The Kier molecular flexibility index (Phi) is 12.0. The molecule has 4 rings (SSSR count). The average molecular weight is 884 g/mol. The molecule has 0 aromatic heterocycles. The summed E-state index contributed by atoms with van der Waals surface area (Å²) in [6.07, 6.45) is 0. The Morgan fingerprint density at radius 2 is 0.231 bits per heavy atom. The zero-order valence-electron chi connectivity index (χ0n) is 41.1. The highest BCUT2D eigenvalue weighted by molar-refractivity contribution is 8.71. The van der Waals surface area contributed by atoms with Gasteiger partial charge in [-0.05, 0) is 0 Å². The SMILES string of the molecule is CC(C)[Si]1(C(C)C)[Si](C(C)C)(C(C)C)[Si]2(C(C)C)[Si]1(C(C)C)[Si]1(C(C)C)[Si]3(C(C)C)[Si](C(C)C)(C(C)C)[Si](C(C)C)(C(C)C)[Si]3(C(C)C)[Si]21C(C)C. The third-order valence-electron chi connectivity index (χ3n) is 20.8. The van der Waals surface area contributed by atoms with Crippen molar-refractivity contribution in [1.82, 2.24) is 0 Å². The van der Waals surface area contributed by atoms with Crippen molar-refractivity contribution in [2.24, 2.45) is 0 Å². The third-order valence-corrected chi connectivity index (χ3v) is 415. The normalized spacial score (nSPS) is 38.4. The molecule has 4 aliphatic rings. The maximum atomic E-state index is 3.08. The lowest BCUT2D eigenvalue weighted by atomic mass is 10.5. The third kappa shape index (κ3) is 3.31. The highest BCUT2D eigenvalue weighted by Crippen LogP contribution is 2.98. The van der Waals surface area contributed by atoms with Gasteiger partial charge >= 0.3 is 0 Å². The van der Waals surface area contributed by atoms with Gasteiger partial charge in [0, 0.05) is 68.2 Å². The Hall–Kier alpha value is 2.17. The van der Waals surface area contributed by atoms with Crippen molar-refractivity contribution in [2.75, 3.05) is 0 Å². The van der Waals surface area contributed by atoms with Crippen LogP contribution in [-0.2, 0) is 0 Å². The fourth-order valence-corrected chi connectivity index (χ4v) is 1010. The Balaban J connectivity index is 2.72. The quantitative estimate of drug-likeness (QED) is 0.153. The molecule has 4 atom stereocenters. The van der Waals surface area contributed by atoms with Gasteiger partial charge in [0.25, 0.3) is 0 Å². The molecule has 0 aromatic carbocycles. The van der Waals surface area contributed by atoms with E-state index in [0.29, 0.717) is 0 Å². The summed E-state index contributed by atoms with van der Waals surface area (Å²) in [6, 6.07) is 0. The molecule has 52 heavy (non-hydrogen) atoms. The lowest BCUT2D eigenvalue weighted by molar-refractivity contribution is 0.856. The molecule has 306 valence electrons. The minimum absolute atomic E-state index is 1.01. The van der Waals surface area contributed by atoms with Crippen LogP contribution in [0.15, 0.2) is 0 Å². The smallest absolute Gasteiger partial charge is 0.0400 e. The van der Waals surface area contributed by atoms with Gasteiger partial charge in [0.1, 0.15) is 0 Å². The lowest BCUT2D eigenvalue weighted by Gasteiger charge is -3.18. The van der Waals surface area contributed by atoms with Crippen molar-refractivity contribution in [2.45, 2.75) is 271 Å². The molecule has 4 saturated heterocycles. The van der Waals surface area contributed by atoms with Crippen LogP contribution in [0, 0.1) is 0 Å². The van der Waals surface area contributed by atoms with Gasteiger partial charge in [-0.1, -0.05) is 271 Å². The summed E-state index contributed by atoms with van der Waals surface area (Å²) in [7, 11) is -6.85. The molecule has 0 aromatic rings. The first-order chi connectivity index (χ1) is 23.5. The van der Waals surface area contributed by atoms with Crippen LogP contribution in [0.4, 0.5) is 0 Å². The van der Waals surface area contributed by atoms with Gasteiger partial charge in [0.15, 0.2) is 0 Å². The number of rotatable bonds is 14. The summed E-state index contributed by atoms with van der Waals surface area (Å²) in [5.74, 6) is 0. The van der Waals surface area contributed by atoms with Crippen molar-refractivity contribution in [3.63, 3.8) is 0 Å². The molecule has 0 N–H and O–H groups in total. The summed E-state index contributed by atoms with van der Waals surface area (Å²) in [5.41, 5.74) is 14.6. The van der Waals surface area contributed by atoms with Crippen LogP contribution in [0.25, 0.3) is 0 Å². The van der Waals surface area contributed by atoms with Crippen molar-refractivity contribution in [3.8, 4) is 0 Å². The Morgan fingerprint density at radius 1 is 0.135 bits per heavy atom. The topological polar surface area (TPSA) is 0 Å². The van der Waals surface area contributed by atoms with E-state index in [1.54, 1.807) is 0 Å². The molecule has 0 nitrogen and oxygen atoms in total. The summed E-state index contributed by atoms with van der Waals surface area (Å²) >= 11 is 0. The molecule has 0 bridgehead atoms. The van der Waals surface area contributed by atoms with Gasteiger partial charge in [0.05, 0.1) is 0 Å². The first-order valence-corrected chi connectivity index (χ1v) is 57.5. The van der Waals surface area contributed by atoms with E-state index < -0.39 is 68.2 Å². The van der Waals surface area contributed by atoms with Crippen molar-refractivity contribution >= 4 is 68.2 Å². The molecular formula is C42H98Si10. The molecule has 0 amide bonds. The average Bonchev–Trinajstić information content (AvgIpc) is 2.91. The minimum Gasteiger partial charge on any atom is -0.0659 e. The van der Waals surface area contributed by atoms with Crippen LogP contribution < -0.4 is 0 Å². The van der Waals surface area contributed by atoms with E-state index in [2.05, 4.69) is 194 Å². The van der Waals surface area contributed by atoms with E-state index in [1.165, 1.54) is 0 Å². The predicted octanol–water partition coefficient (Wildman–Crippen LogP) is 15.3. The first-order valence-electron chi connectivity index (χ1n) is 23.5. The van der Waals surface area contributed by atoms with E-state index in [1.807, 2.05) is 0 Å². The largest absolute Gasteiger partial charge is 0.0659 e. The molecule has 0 aliphatic carbocycles. The molecule has 0 spiro atoms. The van der Waals surface area contributed by atoms with Crippen molar-refractivity contribution in [1.29, 1.82) is 0 Å². The highest BCUT2D eigenvalue weighted by atomic mass is 30.9. The van der Waals surface area contributed by atoms with Crippen molar-refractivity contribution < 1.29 is 0 Å². The van der Waals surface area contributed by atoms with Crippen LogP contribution in [0.3, 0.4) is 0 Å². The molecule has 0 saturated carbocycles. The summed E-state index contributed by atoms with van der Waals surface area (Å²) in [6.45, 7) is 73.9. The van der Waals surface area contributed by atoms with Gasteiger partial charge in [-0.3, -0.25) is 0 Å². The van der Waals surface area contributed by atoms with E-state index in [4.69, 9.17) is 0 Å². The highest BCUT2D eigenvalue weighted by Gasteiger charge is 3.24. The maximum absolute atomic E-state index is 3.08. The Morgan fingerprint density at radius 3 is 0.288 bits per heavy atom. The molecule has 10 heteroatoms. The first kappa shape index (κ1) is 46.9. The van der Waals surface area contributed by atoms with Crippen LogP contribution >= 0.6 is 0 Å². The van der Waals surface area contributed by atoms with Crippen LogP contribution in [0.5, 0.6) is 0 Å². The Bertz CT molecular complexity index is 1140. The summed E-state index contributed by atoms with van der Waals surface area (Å²) < 4.78 is 0. The van der Waals surface area contributed by atoms with E-state index >= 15 is 0 Å². The number of fused-ring (bicyclic) bond motifs is 7. The Labute approximate surface area is 337 Å².